The molecule has 0 aromatic carbocycles. The minimum Gasteiger partial charge on any atom is -0.368 e. The average molecular weight is 292 g/mol. The Morgan fingerprint density at radius 2 is 2.14 bits per heavy atom. The molecule has 1 aromatic rings. The van der Waals surface area contributed by atoms with E-state index >= 15 is 0 Å². The van der Waals surface area contributed by atoms with Gasteiger partial charge in [0.1, 0.15) is 6.10 Å². The van der Waals surface area contributed by atoms with Crippen LogP contribution in [0.3, 0.4) is 0 Å². The van der Waals surface area contributed by atoms with Gasteiger partial charge in [0.25, 0.3) is 5.91 Å². The molecule has 0 aliphatic carbocycles. The summed E-state index contributed by atoms with van der Waals surface area (Å²) in [5.41, 5.74) is 0. The fraction of sp³-hybridized carbons (Fsp3) is 0.733. The van der Waals surface area contributed by atoms with Gasteiger partial charge in [0, 0.05) is 51.7 Å². The molecule has 1 amide bonds. The molecule has 6 heteroatoms. The largest absolute Gasteiger partial charge is 0.368 e. The van der Waals surface area contributed by atoms with E-state index in [1.54, 1.807) is 0 Å². The molecule has 6 nitrogen and oxygen atoms in total. The molecule has 1 atom stereocenters. The lowest BCUT2D eigenvalue weighted by atomic mass is 10.2. The van der Waals surface area contributed by atoms with E-state index in [1.165, 1.54) is 0 Å². The van der Waals surface area contributed by atoms with Crippen LogP contribution in [0.2, 0.25) is 0 Å². The Kier molecular flexibility index (Phi) is 4.87. The van der Waals surface area contributed by atoms with E-state index in [4.69, 9.17) is 4.74 Å². The standard InChI is InChI=1S/C15H24N4O2/c20-15(14-3-1-12-21-14)19-6-2-5-17(10-11-19)8-9-18-7-4-16-13-18/h4,7,13-14H,1-3,5-6,8-12H2/t14-/m1/s1. The molecule has 0 spiro atoms. The maximum atomic E-state index is 12.4. The maximum absolute atomic E-state index is 12.4. The van der Waals surface area contributed by atoms with E-state index in [1.807, 2.05) is 23.6 Å². The van der Waals surface area contributed by atoms with Gasteiger partial charge in [-0.1, -0.05) is 0 Å². The number of carbonyl (C=O) groups excluding carboxylic acids is 1. The van der Waals surface area contributed by atoms with Gasteiger partial charge < -0.3 is 14.2 Å². The molecule has 2 saturated heterocycles. The molecule has 3 rings (SSSR count). The van der Waals surface area contributed by atoms with Crippen LogP contribution in [0.4, 0.5) is 0 Å². The van der Waals surface area contributed by atoms with Crippen LogP contribution in [0.15, 0.2) is 18.7 Å². The van der Waals surface area contributed by atoms with Crippen LogP contribution < -0.4 is 0 Å². The van der Waals surface area contributed by atoms with Crippen molar-refractivity contribution in [1.82, 2.24) is 19.4 Å². The van der Waals surface area contributed by atoms with Crippen LogP contribution in [0.5, 0.6) is 0 Å². The van der Waals surface area contributed by atoms with Crippen molar-refractivity contribution >= 4 is 5.91 Å². The van der Waals surface area contributed by atoms with Crippen molar-refractivity contribution in [2.75, 3.05) is 39.3 Å². The molecule has 2 aliphatic rings. The number of aromatic nitrogens is 2. The number of nitrogens with zero attached hydrogens (tertiary/aromatic N) is 4. The smallest absolute Gasteiger partial charge is 0.251 e. The Bertz CT molecular complexity index is 443. The van der Waals surface area contributed by atoms with Crippen LogP contribution in [0, 0.1) is 0 Å². The van der Waals surface area contributed by atoms with Gasteiger partial charge in [0.2, 0.25) is 0 Å². The van der Waals surface area contributed by atoms with Gasteiger partial charge in [-0.05, 0) is 25.8 Å². The second kappa shape index (κ2) is 7.04. The zero-order chi connectivity index (χ0) is 14.5. The Hall–Kier alpha value is -1.40. The summed E-state index contributed by atoms with van der Waals surface area (Å²) in [4.78, 5) is 20.9. The molecule has 21 heavy (non-hydrogen) atoms. The van der Waals surface area contributed by atoms with Gasteiger partial charge >= 0.3 is 0 Å². The number of hydrogen-bond acceptors (Lipinski definition) is 4. The zero-order valence-corrected chi connectivity index (χ0v) is 12.5. The van der Waals surface area contributed by atoms with E-state index in [-0.39, 0.29) is 12.0 Å². The minimum atomic E-state index is -0.178. The molecule has 0 bridgehead atoms. The highest BCUT2D eigenvalue weighted by atomic mass is 16.5. The van der Waals surface area contributed by atoms with Gasteiger partial charge in [-0.15, -0.1) is 0 Å². The maximum Gasteiger partial charge on any atom is 0.251 e. The van der Waals surface area contributed by atoms with E-state index in [0.717, 1.165) is 65.1 Å². The third-order valence-corrected chi connectivity index (χ3v) is 4.34. The van der Waals surface area contributed by atoms with Crippen molar-refractivity contribution in [2.24, 2.45) is 0 Å². The molecule has 0 N–H and O–H groups in total. The van der Waals surface area contributed by atoms with E-state index in [0.29, 0.717) is 0 Å². The molecule has 2 fully saturated rings. The number of amides is 1. The van der Waals surface area contributed by atoms with Crippen LogP contribution in [0.1, 0.15) is 19.3 Å². The molecule has 2 aliphatic heterocycles. The van der Waals surface area contributed by atoms with Crippen LogP contribution in [0.25, 0.3) is 0 Å². The van der Waals surface area contributed by atoms with Crippen molar-refractivity contribution in [3.63, 3.8) is 0 Å². The molecular weight excluding hydrogens is 268 g/mol. The topological polar surface area (TPSA) is 50.6 Å². The van der Waals surface area contributed by atoms with Crippen molar-refractivity contribution in [2.45, 2.75) is 31.9 Å². The van der Waals surface area contributed by atoms with Crippen molar-refractivity contribution in [3.8, 4) is 0 Å². The first kappa shape index (κ1) is 14.5. The lowest BCUT2D eigenvalue weighted by Gasteiger charge is -2.24. The Balaban J connectivity index is 1.46. The summed E-state index contributed by atoms with van der Waals surface area (Å²) >= 11 is 0. The number of carbonyl (C=O) groups is 1. The van der Waals surface area contributed by atoms with Gasteiger partial charge in [-0.2, -0.15) is 0 Å². The first-order valence-electron chi connectivity index (χ1n) is 7.91. The second-order valence-electron chi connectivity index (χ2n) is 5.82. The number of ether oxygens (including phenoxy) is 1. The molecule has 0 radical (unpaired) electrons. The third-order valence-electron chi connectivity index (χ3n) is 4.34. The van der Waals surface area contributed by atoms with E-state index in [2.05, 4.69) is 14.5 Å². The van der Waals surface area contributed by atoms with E-state index < -0.39 is 0 Å². The summed E-state index contributed by atoms with van der Waals surface area (Å²) in [5.74, 6) is 0.198. The molecule has 116 valence electrons. The fourth-order valence-electron chi connectivity index (χ4n) is 3.07. The molecule has 1 aromatic heterocycles. The van der Waals surface area contributed by atoms with Crippen LogP contribution in [-0.2, 0) is 16.1 Å². The highest BCUT2D eigenvalue weighted by molar-refractivity contribution is 5.81. The van der Waals surface area contributed by atoms with Crippen molar-refractivity contribution < 1.29 is 9.53 Å². The molecule has 0 saturated carbocycles. The predicted molar refractivity (Wildman–Crippen MR) is 78.8 cm³/mol. The fourth-order valence-corrected chi connectivity index (χ4v) is 3.07. The zero-order valence-electron chi connectivity index (χ0n) is 12.5. The highest BCUT2D eigenvalue weighted by Gasteiger charge is 2.29. The molecule has 0 unspecified atom stereocenters. The lowest BCUT2D eigenvalue weighted by molar-refractivity contribution is -0.140. The number of imidazole rings is 1. The van der Waals surface area contributed by atoms with E-state index in [9.17, 15) is 4.79 Å². The SMILES string of the molecule is O=C([C@H]1CCCO1)N1CCCN(CCn2ccnc2)CC1. The predicted octanol–water partition coefficient (Wildman–Crippen LogP) is 0.596. The quantitative estimate of drug-likeness (QED) is 0.815. The summed E-state index contributed by atoms with van der Waals surface area (Å²) in [6.45, 7) is 6.40. The molecule has 3 heterocycles. The highest BCUT2D eigenvalue weighted by Crippen LogP contribution is 2.16. The Morgan fingerprint density at radius 3 is 2.90 bits per heavy atom. The number of rotatable bonds is 4. The summed E-state index contributed by atoms with van der Waals surface area (Å²) < 4.78 is 7.61. The summed E-state index contributed by atoms with van der Waals surface area (Å²) in [6, 6.07) is 0. The Morgan fingerprint density at radius 1 is 1.19 bits per heavy atom. The monoisotopic (exact) mass is 292 g/mol. The van der Waals surface area contributed by atoms with Crippen molar-refractivity contribution in [1.29, 1.82) is 0 Å². The summed E-state index contributed by atoms with van der Waals surface area (Å²) in [5, 5.41) is 0. The van der Waals surface area contributed by atoms with Crippen molar-refractivity contribution in [3.05, 3.63) is 18.7 Å². The van der Waals surface area contributed by atoms with Gasteiger partial charge in [0.15, 0.2) is 0 Å². The lowest BCUT2D eigenvalue weighted by Crippen LogP contribution is -2.41. The third kappa shape index (κ3) is 3.83. The first-order chi connectivity index (χ1) is 10.3. The average Bonchev–Trinajstić information content (AvgIpc) is 3.15. The van der Waals surface area contributed by atoms with Gasteiger partial charge in [-0.25, -0.2) is 4.98 Å². The van der Waals surface area contributed by atoms with Gasteiger partial charge in [-0.3, -0.25) is 9.69 Å². The number of hydrogen-bond donors (Lipinski definition) is 0. The summed E-state index contributed by atoms with van der Waals surface area (Å²) in [7, 11) is 0. The first-order valence-corrected chi connectivity index (χ1v) is 7.91. The van der Waals surface area contributed by atoms with Gasteiger partial charge in [0.05, 0.1) is 6.33 Å². The molecular formula is C15H24N4O2. The van der Waals surface area contributed by atoms with Crippen LogP contribution >= 0.6 is 0 Å². The normalized spacial score (nSPS) is 24.2. The van der Waals surface area contributed by atoms with Crippen LogP contribution in [-0.4, -0.2) is 70.7 Å². The second-order valence-corrected chi connectivity index (χ2v) is 5.82. The Labute approximate surface area is 125 Å². The minimum absolute atomic E-state index is 0.178. The summed E-state index contributed by atoms with van der Waals surface area (Å²) in [6.07, 6.45) is 8.42.